The highest BCUT2D eigenvalue weighted by Crippen LogP contribution is 2.46. The number of benzene rings is 1. The second kappa shape index (κ2) is 9.31. The molecule has 1 saturated carbocycles. The van der Waals surface area contributed by atoms with Gasteiger partial charge in [-0.25, -0.2) is 4.39 Å². The van der Waals surface area contributed by atoms with Crippen molar-refractivity contribution in [2.45, 2.75) is 62.4 Å². The van der Waals surface area contributed by atoms with E-state index in [-0.39, 0.29) is 34.6 Å². The lowest BCUT2D eigenvalue weighted by atomic mass is 9.95. The highest BCUT2D eigenvalue weighted by Gasteiger charge is 2.45. The smallest absolute Gasteiger partial charge is 0.319 e. The number of aromatic nitrogens is 3. The van der Waals surface area contributed by atoms with Gasteiger partial charge in [-0.2, -0.15) is 9.97 Å². The minimum atomic E-state index is -0.497. The van der Waals surface area contributed by atoms with E-state index in [2.05, 4.69) is 25.1 Å². The standard InChI is InChI=1S/C29H35FN6O2/c1-35(19-8-11-31-15-19)27-23-16-32-25(22-14-20(37)6-7-21(22)18-4-5-18)24(30)26(23)33-28(34-27)38-17-29-9-2-12-36(29)13-3-10-29/h6-7,14,16,18-19,31,37H,2-5,8-13,15,17H2,1H3. The third-order valence-corrected chi connectivity index (χ3v) is 9.15. The number of hydrogen-bond acceptors (Lipinski definition) is 8. The Kier molecular flexibility index (Phi) is 5.89. The van der Waals surface area contributed by atoms with E-state index in [1.165, 1.54) is 12.8 Å². The normalized spacial score (nSPS) is 22.7. The lowest BCUT2D eigenvalue weighted by Gasteiger charge is -2.31. The minimum absolute atomic E-state index is 0.0441. The molecule has 3 aliphatic heterocycles. The summed E-state index contributed by atoms with van der Waals surface area (Å²) in [5.74, 6) is 0.622. The molecule has 8 nitrogen and oxygen atoms in total. The van der Waals surface area contributed by atoms with E-state index < -0.39 is 5.82 Å². The van der Waals surface area contributed by atoms with E-state index in [0.29, 0.717) is 29.3 Å². The predicted octanol–water partition coefficient (Wildman–Crippen LogP) is 4.22. The molecule has 0 radical (unpaired) electrons. The molecule has 1 aliphatic carbocycles. The number of nitrogens with one attached hydrogen (secondary N) is 1. The molecule has 1 aromatic carbocycles. The van der Waals surface area contributed by atoms with Crippen LogP contribution in [0.1, 0.15) is 56.4 Å². The second-order valence-corrected chi connectivity index (χ2v) is 11.5. The summed E-state index contributed by atoms with van der Waals surface area (Å²) < 4.78 is 22.7. The molecule has 2 N–H and O–H groups in total. The van der Waals surface area contributed by atoms with E-state index in [1.54, 1.807) is 18.3 Å². The molecule has 4 fully saturated rings. The van der Waals surface area contributed by atoms with Gasteiger partial charge in [0.2, 0.25) is 0 Å². The Balaban J connectivity index is 1.32. The van der Waals surface area contributed by atoms with Gasteiger partial charge in [-0.1, -0.05) is 6.07 Å². The number of nitrogens with zero attached hydrogens (tertiary/aromatic N) is 5. The number of ether oxygens (including phenoxy) is 1. The zero-order valence-corrected chi connectivity index (χ0v) is 21.9. The van der Waals surface area contributed by atoms with Gasteiger partial charge in [0.1, 0.15) is 29.4 Å². The zero-order valence-electron chi connectivity index (χ0n) is 21.9. The fraction of sp³-hybridized carbons (Fsp3) is 0.552. The highest BCUT2D eigenvalue weighted by atomic mass is 19.1. The highest BCUT2D eigenvalue weighted by molar-refractivity contribution is 5.92. The van der Waals surface area contributed by atoms with Gasteiger partial charge in [-0.15, -0.1) is 0 Å². The fourth-order valence-electron chi connectivity index (χ4n) is 6.85. The van der Waals surface area contributed by atoms with Crippen LogP contribution in [0.4, 0.5) is 10.2 Å². The van der Waals surface area contributed by atoms with E-state index in [0.717, 1.165) is 63.8 Å². The van der Waals surface area contributed by atoms with E-state index in [9.17, 15) is 5.11 Å². The third kappa shape index (κ3) is 4.07. The van der Waals surface area contributed by atoms with Gasteiger partial charge in [0, 0.05) is 31.4 Å². The summed E-state index contributed by atoms with van der Waals surface area (Å²) in [6, 6.07) is 5.64. The largest absolute Gasteiger partial charge is 0.508 e. The number of phenols is 1. The zero-order chi connectivity index (χ0) is 25.9. The molecule has 0 spiro atoms. The summed E-state index contributed by atoms with van der Waals surface area (Å²) in [6.07, 6.45) is 9.39. The van der Waals surface area contributed by atoms with Crippen LogP contribution in [0.25, 0.3) is 22.2 Å². The summed E-state index contributed by atoms with van der Waals surface area (Å²) in [6.45, 7) is 4.53. The second-order valence-electron chi connectivity index (χ2n) is 11.5. The van der Waals surface area contributed by atoms with Crippen molar-refractivity contribution in [2.75, 3.05) is 44.7 Å². The van der Waals surface area contributed by atoms with Gasteiger partial charge in [0.05, 0.1) is 10.9 Å². The van der Waals surface area contributed by atoms with Crippen LogP contribution < -0.4 is 15.0 Å². The Hall–Kier alpha value is -3.04. The summed E-state index contributed by atoms with van der Waals surface area (Å²) in [7, 11) is 2.00. The maximum atomic E-state index is 16.4. The van der Waals surface area contributed by atoms with E-state index in [4.69, 9.17) is 9.72 Å². The van der Waals surface area contributed by atoms with Gasteiger partial charge in [0.25, 0.3) is 0 Å². The van der Waals surface area contributed by atoms with Crippen molar-refractivity contribution in [1.29, 1.82) is 0 Å². The van der Waals surface area contributed by atoms with Crippen LogP contribution >= 0.6 is 0 Å². The number of anilines is 1. The Morgan fingerprint density at radius 3 is 2.74 bits per heavy atom. The van der Waals surface area contributed by atoms with Crippen LogP contribution in [0.15, 0.2) is 24.4 Å². The number of pyridine rings is 1. The predicted molar refractivity (Wildman–Crippen MR) is 144 cm³/mol. The van der Waals surface area contributed by atoms with Gasteiger partial charge >= 0.3 is 6.01 Å². The molecule has 3 saturated heterocycles. The van der Waals surface area contributed by atoms with Crippen LogP contribution in [0.5, 0.6) is 11.8 Å². The summed E-state index contributed by atoms with van der Waals surface area (Å²) >= 11 is 0. The number of rotatable bonds is 7. The van der Waals surface area contributed by atoms with Crippen molar-refractivity contribution in [3.05, 3.63) is 35.8 Å². The quantitative estimate of drug-likeness (QED) is 0.481. The Labute approximate surface area is 222 Å². The lowest BCUT2D eigenvalue weighted by Crippen LogP contribution is -2.43. The molecule has 2 aromatic heterocycles. The van der Waals surface area contributed by atoms with Crippen molar-refractivity contribution in [2.24, 2.45) is 0 Å². The number of likely N-dealkylation sites (N-methyl/N-ethyl adjacent to an activating group) is 1. The van der Waals surface area contributed by atoms with E-state index in [1.807, 2.05) is 13.1 Å². The summed E-state index contributed by atoms with van der Waals surface area (Å²) in [5.41, 5.74) is 2.13. The first-order chi connectivity index (χ1) is 18.5. The Morgan fingerprint density at radius 1 is 1.18 bits per heavy atom. The van der Waals surface area contributed by atoms with Gasteiger partial charge in [-0.05, 0) is 88.2 Å². The van der Waals surface area contributed by atoms with Crippen LogP contribution in [0.2, 0.25) is 0 Å². The molecule has 5 heterocycles. The maximum Gasteiger partial charge on any atom is 0.319 e. The van der Waals surface area contributed by atoms with Crippen LogP contribution in [0.3, 0.4) is 0 Å². The van der Waals surface area contributed by atoms with Crippen molar-refractivity contribution in [3.8, 4) is 23.0 Å². The van der Waals surface area contributed by atoms with Gasteiger partial charge < -0.3 is 20.1 Å². The average Bonchev–Trinajstić information content (AvgIpc) is 3.28. The molecule has 3 aromatic rings. The number of phenolic OH excluding ortho intramolecular Hbond substituents is 1. The van der Waals surface area contributed by atoms with Crippen LogP contribution in [-0.2, 0) is 0 Å². The van der Waals surface area contributed by atoms with Crippen LogP contribution in [0, 0.1) is 5.82 Å². The Morgan fingerprint density at radius 2 is 2.00 bits per heavy atom. The molecule has 0 bridgehead atoms. The molecule has 4 aliphatic rings. The van der Waals surface area contributed by atoms with Crippen molar-refractivity contribution in [1.82, 2.24) is 25.2 Å². The monoisotopic (exact) mass is 518 g/mol. The average molecular weight is 519 g/mol. The number of hydrogen-bond donors (Lipinski definition) is 2. The number of fused-ring (bicyclic) bond motifs is 2. The molecular formula is C29H35FN6O2. The van der Waals surface area contributed by atoms with Crippen molar-refractivity contribution in [3.63, 3.8) is 0 Å². The molecule has 7 rings (SSSR count). The molecular weight excluding hydrogens is 483 g/mol. The SMILES string of the molecule is CN(c1nc(OCC23CCCN2CCC3)nc2c(F)c(-c3cc(O)ccc3C3CC3)ncc12)C1CCNC1. The lowest BCUT2D eigenvalue weighted by molar-refractivity contribution is 0.108. The number of halogens is 1. The minimum Gasteiger partial charge on any atom is -0.508 e. The first-order valence-corrected chi connectivity index (χ1v) is 14.0. The number of aromatic hydroxyl groups is 1. The summed E-state index contributed by atoms with van der Waals surface area (Å²) in [4.78, 5) is 18.7. The van der Waals surface area contributed by atoms with Gasteiger partial charge in [0.15, 0.2) is 5.82 Å². The first kappa shape index (κ1) is 24.0. The Bertz CT molecular complexity index is 1360. The molecule has 200 valence electrons. The third-order valence-electron chi connectivity index (χ3n) is 9.15. The van der Waals surface area contributed by atoms with E-state index >= 15 is 4.39 Å². The maximum absolute atomic E-state index is 16.4. The molecule has 38 heavy (non-hydrogen) atoms. The molecule has 1 atom stereocenters. The fourth-order valence-corrected chi connectivity index (χ4v) is 6.85. The molecule has 0 amide bonds. The van der Waals surface area contributed by atoms with Crippen molar-refractivity contribution >= 4 is 16.7 Å². The van der Waals surface area contributed by atoms with Crippen LogP contribution in [-0.4, -0.2) is 76.4 Å². The van der Waals surface area contributed by atoms with Gasteiger partial charge in [-0.3, -0.25) is 9.88 Å². The van der Waals surface area contributed by atoms with Crippen molar-refractivity contribution < 1.29 is 14.2 Å². The molecule has 9 heteroatoms. The first-order valence-electron chi connectivity index (χ1n) is 14.0. The summed E-state index contributed by atoms with van der Waals surface area (Å²) in [5, 5.41) is 14.2. The topological polar surface area (TPSA) is 86.6 Å². The molecule has 1 unspecified atom stereocenters.